The van der Waals surface area contributed by atoms with Gasteiger partial charge in [0, 0.05) is 43.3 Å². The molecule has 0 atom stereocenters. The first-order valence-corrected chi connectivity index (χ1v) is 11.3. The Morgan fingerprint density at radius 1 is 1.03 bits per heavy atom. The van der Waals surface area contributed by atoms with Gasteiger partial charge >= 0.3 is 0 Å². The molecule has 0 fully saturated rings. The van der Waals surface area contributed by atoms with Crippen LogP contribution in [0.2, 0.25) is 5.02 Å². The van der Waals surface area contributed by atoms with Crippen LogP contribution in [0.1, 0.15) is 35.9 Å². The second-order valence-electron chi connectivity index (χ2n) is 7.37. The van der Waals surface area contributed by atoms with Crippen LogP contribution in [0.15, 0.2) is 48.5 Å². The quantitative estimate of drug-likeness (QED) is 0.408. The maximum absolute atomic E-state index is 12.5. The van der Waals surface area contributed by atoms with Crippen molar-refractivity contribution < 1.29 is 14.3 Å². The second-order valence-corrected chi connectivity index (χ2v) is 7.81. The molecule has 0 unspecified atom stereocenters. The summed E-state index contributed by atoms with van der Waals surface area (Å²) in [6, 6.07) is 14.6. The summed E-state index contributed by atoms with van der Waals surface area (Å²) in [5, 5.41) is 6.46. The minimum Gasteiger partial charge on any atom is -0.382 e. The van der Waals surface area contributed by atoms with E-state index in [-0.39, 0.29) is 18.4 Å². The van der Waals surface area contributed by atoms with Crippen molar-refractivity contribution in [2.24, 2.45) is 0 Å². The number of nitrogens with one attached hydrogen (secondary N) is 2. The predicted molar refractivity (Wildman–Crippen MR) is 126 cm³/mol. The van der Waals surface area contributed by atoms with Crippen LogP contribution < -0.4 is 10.6 Å². The summed E-state index contributed by atoms with van der Waals surface area (Å²) in [6.45, 7) is 4.57. The summed E-state index contributed by atoms with van der Waals surface area (Å²) >= 11 is 5.87. The topological polar surface area (TPSA) is 85.2 Å². The Kier molecular flexibility index (Phi) is 9.07. The van der Waals surface area contributed by atoms with Crippen LogP contribution in [0, 0.1) is 0 Å². The molecule has 3 aromatic rings. The van der Waals surface area contributed by atoms with Gasteiger partial charge in [0.15, 0.2) is 0 Å². The molecular weight excluding hydrogens is 428 g/mol. The summed E-state index contributed by atoms with van der Waals surface area (Å²) in [4.78, 5) is 29.4. The molecule has 0 saturated heterocycles. The van der Waals surface area contributed by atoms with E-state index in [0.29, 0.717) is 49.7 Å². The Morgan fingerprint density at radius 3 is 2.56 bits per heavy atom. The molecule has 0 aliphatic rings. The normalized spacial score (nSPS) is 10.9. The summed E-state index contributed by atoms with van der Waals surface area (Å²) in [5.74, 6) is 0.639. The molecule has 0 radical (unpaired) electrons. The number of fused-ring (bicyclic) bond motifs is 1. The highest BCUT2D eigenvalue weighted by Crippen LogP contribution is 2.17. The van der Waals surface area contributed by atoms with Gasteiger partial charge in [-0.3, -0.25) is 9.59 Å². The number of aryl methyl sites for hydroxylation is 1. The molecule has 0 aliphatic carbocycles. The third kappa shape index (κ3) is 6.80. The monoisotopic (exact) mass is 456 g/mol. The number of para-hydroxylation sites is 2. The van der Waals surface area contributed by atoms with Crippen molar-refractivity contribution in [1.82, 2.24) is 20.2 Å². The number of carbonyl (C=O) groups excluding carboxylic acids is 2. The van der Waals surface area contributed by atoms with E-state index in [4.69, 9.17) is 21.3 Å². The fourth-order valence-electron chi connectivity index (χ4n) is 3.39. The fraction of sp³-hybridized carbons (Fsp3) is 0.375. The van der Waals surface area contributed by atoms with Crippen LogP contribution in [0.25, 0.3) is 11.0 Å². The standard InChI is InChI=1S/C24H29ClN4O3/c1-2-32-16-6-15-26-23(30)17-29-21-8-4-3-7-20(21)28-22(29)9-5-14-27-24(31)18-10-12-19(25)13-11-18/h3-4,7-8,10-13H,2,5-6,9,14-17H2,1H3,(H,26,30)(H,27,31). The summed E-state index contributed by atoms with van der Waals surface area (Å²) in [6.07, 6.45) is 2.14. The van der Waals surface area contributed by atoms with Gasteiger partial charge in [0.25, 0.3) is 5.91 Å². The minimum atomic E-state index is -0.137. The molecule has 2 N–H and O–H groups in total. The molecule has 0 bridgehead atoms. The summed E-state index contributed by atoms with van der Waals surface area (Å²) < 4.78 is 7.25. The first kappa shape index (κ1) is 23.8. The van der Waals surface area contributed by atoms with E-state index >= 15 is 0 Å². The third-order valence-corrected chi connectivity index (χ3v) is 5.25. The zero-order chi connectivity index (χ0) is 22.8. The molecule has 2 aromatic carbocycles. The van der Waals surface area contributed by atoms with E-state index in [0.717, 1.165) is 23.3 Å². The van der Waals surface area contributed by atoms with Crippen molar-refractivity contribution in [3.63, 3.8) is 0 Å². The lowest BCUT2D eigenvalue weighted by molar-refractivity contribution is -0.121. The largest absolute Gasteiger partial charge is 0.382 e. The van der Waals surface area contributed by atoms with Crippen LogP contribution in [0.5, 0.6) is 0 Å². The molecule has 0 spiro atoms. The lowest BCUT2D eigenvalue weighted by atomic mass is 10.2. The van der Waals surface area contributed by atoms with Gasteiger partial charge in [-0.05, 0) is 56.2 Å². The van der Waals surface area contributed by atoms with Crippen molar-refractivity contribution in [3.8, 4) is 0 Å². The first-order valence-electron chi connectivity index (χ1n) is 10.9. The summed E-state index contributed by atoms with van der Waals surface area (Å²) in [7, 11) is 0. The lowest BCUT2D eigenvalue weighted by Gasteiger charge is -2.11. The van der Waals surface area contributed by atoms with Gasteiger partial charge in [0.1, 0.15) is 12.4 Å². The van der Waals surface area contributed by atoms with Gasteiger partial charge in [-0.15, -0.1) is 0 Å². The molecule has 0 saturated carbocycles. The van der Waals surface area contributed by atoms with Crippen molar-refractivity contribution >= 4 is 34.4 Å². The number of halogens is 1. The molecule has 32 heavy (non-hydrogen) atoms. The van der Waals surface area contributed by atoms with Gasteiger partial charge in [0.05, 0.1) is 11.0 Å². The van der Waals surface area contributed by atoms with Gasteiger partial charge < -0.3 is 19.9 Å². The molecule has 3 rings (SSSR count). The maximum atomic E-state index is 12.5. The van der Waals surface area contributed by atoms with Gasteiger partial charge in [-0.25, -0.2) is 4.98 Å². The van der Waals surface area contributed by atoms with Crippen molar-refractivity contribution in [1.29, 1.82) is 0 Å². The Bertz CT molecular complexity index is 1030. The average Bonchev–Trinajstić information content (AvgIpc) is 3.14. The molecule has 0 aliphatic heterocycles. The van der Waals surface area contributed by atoms with Crippen molar-refractivity contribution in [2.45, 2.75) is 32.7 Å². The Labute approximate surface area is 193 Å². The van der Waals surface area contributed by atoms with Crippen LogP contribution in [0.3, 0.4) is 0 Å². The van der Waals surface area contributed by atoms with E-state index < -0.39 is 0 Å². The highest BCUT2D eigenvalue weighted by Gasteiger charge is 2.13. The van der Waals surface area contributed by atoms with Crippen LogP contribution >= 0.6 is 11.6 Å². The van der Waals surface area contributed by atoms with E-state index in [9.17, 15) is 9.59 Å². The van der Waals surface area contributed by atoms with Crippen molar-refractivity contribution in [3.05, 3.63) is 64.9 Å². The molecule has 7 nitrogen and oxygen atoms in total. The third-order valence-electron chi connectivity index (χ3n) is 5.00. The Hall–Kier alpha value is -2.90. The first-order chi connectivity index (χ1) is 15.6. The number of hydrogen-bond donors (Lipinski definition) is 2. The van der Waals surface area contributed by atoms with E-state index in [1.165, 1.54) is 0 Å². The highest BCUT2D eigenvalue weighted by atomic mass is 35.5. The van der Waals surface area contributed by atoms with E-state index in [2.05, 4.69) is 10.6 Å². The Balaban J connectivity index is 1.55. The smallest absolute Gasteiger partial charge is 0.251 e. The molecule has 8 heteroatoms. The molecule has 2 amide bonds. The number of rotatable bonds is 12. The molecule has 170 valence electrons. The average molecular weight is 457 g/mol. The number of hydrogen-bond acceptors (Lipinski definition) is 4. The summed E-state index contributed by atoms with van der Waals surface area (Å²) in [5.41, 5.74) is 2.36. The fourth-order valence-corrected chi connectivity index (χ4v) is 3.52. The SMILES string of the molecule is CCOCCCNC(=O)Cn1c(CCCNC(=O)c2ccc(Cl)cc2)nc2ccccc21. The van der Waals surface area contributed by atoms with Crippen LogP contribution in [0.4, 0.5) is 0 Å². The van der Waals surface area contributed by atoms with Crippen LogP contribution in [-0.2, 0) is 22.5 Å². The van der Waals surface area contributed by atoms with Gasteiger partial charge in [-0.2, -0.15) is 0 Å². The number of amides is 2. The number of imidazole rings is 1. The number of nitrogens with zero attached hydrogens (tertiary/aromatic N) is 2. The van der Waals surface area contributed by atoms with Gasteiger partial charge in [-0.1, -0.05) is 23.7 Å². The highest BCUT2D eigenvalue weighted by molar-refractivity contribution is 6.30. The van der Waals surface area contributed by atoms with Crippen LogP contribution in [-0.4, -0.2) is 47.7 Å². The van der Waals surface area contributed by atoms with E-state index in [1.807, 2.05) is 35.8 Å². The van der Waals surface area contributed by atoms with Gasteiger partial charge in [0.2, 0.25) is 5.91 Å². The number of ether oxygens (including phenoxy) is 1. The van der Waals surface area contributed by atoms with Crippen molar-refractivity contribution in [2.75, 3.05) is 26.3 Å². The maximum Gasteiger partial charge on any atom is 0.251 e. The lowest BCUT2D eigenvalue weighted by Crippen LogP contribution is -2.29. The zero-order valence-corrected chi connectivity index (χ0v) is 19.0. The number of aromatic nitrogens is 2. The molecule has 1 aromatic heterocycles. The number of carbonyl (C=O) groups is 2. The molecule has 1 heterocycles. The molecular formula is C24H29ClN4O3. The Morgan fingerprint density at radius 2 is 1.78 bits per heavy atom. The minimum absolute atomic E-state index is 0.0538. The zero-order valence-electron chi connectivity index (χ0n) is 18.3. The van der Waals surface area contributed by atoms with E-state index in [1.54, 1.807) is 24.3 Å². The second kappa shape index (κ2) is 12.2. The number of benzene rings is 2. The predicted octanol–water partition coefficient (Wildman–Crippen LogP) is 3.60.